The van der Waals surface area contributed by atoms with E-state index in [1.807, 2.05) is 29.2 Å². The number of rotatable bonds is 7. The molecule has 0 aliphatic carbocycles. The molecule has 2 amide bonds. The topological polar surface area (TPSA) is 55.9 Å². The summed E-state index contributed by atoms with van der Waals surface area (Å²) >= 11 is 3.43. The van der Waals surface area contributed by atoms with E-state index >= 15 is 0 Å². The highest BCUT2D eigenvalue weighted by Gasteiger charge is 2.25. The van der Waals surface area contributed by atoms with Gasteiger partial charge in [-0.05, 0) is 43.6 Å². The Kier molecular flexibility index (Phi) is 7.88. The number of carbonyl (C=O) groups excluding carboxylic acids is 2. The number of halogens is 1. The van der Waals surface area contributed by atoms with Crippen LogP contribution in [0.4, 0.5) is 0 Å². The van der Waals surface area contributed by atoms with Gasteiger partial charge in [-0.15, -0.1) is 0 Å². The van der Waals surface area contributed by atoms with Crippen LogP contribution >= 0.6 is 15.9 Å². The number of benzene rings is 1. The molecule has 1 atom stereocenters. The highest BCUT2D eigenvalue weighted by Crippen LogP contribution is 2.21. The molecule has 0 radical (unpaired) electrons. The van der Waals surface area contributed by atoms with E-state index in [1.165, 1.54) is 32.9 Å². The van der Waals surface area contributed by atoms with E-state index in [2.05, 4.69) is 31.0 Å². The highest BCUT2D eigenvalue weighted by atomic mass is 79.9. The third-order valence-electron chi connectivity index (χ3n) is 5.68. The first-order valence-corrected chi connectivity index (χ1v) is 11.1. The fourth-order valence-electron chi connectivity index (χ4n) is 4.01. The zero-order chi connectivity index (χ0) is 19.9. The van der Waals surface area contributed by atoms with E-state index in [9.17, 15) is 9.59 Å². The molecule has 154 valence electrons. The third kappa shape index (κ3) is 6.29. The molecule has 1 aromatic carbocycles. The third-order valence-corrected chi connectivity index (χ3v) is 6.21. The van der Waals surface area contributed by atoms with Crippen molar-refractivity contribution in [1.29, 1.82) is 0 Å². The molecule has 0 aromatic heterocycles. The van der Waals surface area contributed by atoms with Gasteiger partial charge >= 0.3 is 0 Å². The van der Waals surface area contributed by atoms with Crippen LogP contribution in [-0.4, -0.2) is 78.9 Å². The first kappa shape index (κ1) is 21.3. The normalized spacial score (nSPS) is 19.6. The summed E-state index contributed by atoms with van der Waals surface area (Å²) in [6.07, 6.45) is 2.96. The summed E-state index contributed by atoms with van der Waals surface area (Å²) < 4.78 is 0.981. The van der Waals surface area contributed by atoms with Crippen molar-refractivity contribution >= 4 is 27.7 Å². The fourth-order valence-corrected chi connectivity index (χ4v) is 4.27. The molecular weight excluding hydrogens is 420 g/mol. The number of hydrogen-bond acceptors (Lipinski definition) is 4. The van der Waals surface area contributed by atoms with E-state index in [0.717, 1.165) is 49.3 Å². The molecule has 1 N–H and O–H groups in total. The standard InChI is InChI=1S/C21H31BrN4O2/c1-17(27)23-20(18-4-6-19(22)7-5-18)16-21(28)26-14-12-25(13-15-26)11-10-24-8-2-3-9-24/h4-7,20H,2-3,8-16H2,1H3,(H,23,27). The molecular formula is C21H31BrN4O2. The van der Waals surface area contributed by atoms with Crippen LogP contribution in [0.3, 0.4) is 0 Å². The van der Waals surface area contributed by atoms with Gasteiger partial charge in [-0.3, -0.25) is 14.5 Å². The van der Waals surface area contributed by atoms with Crippen LogP contribution in [0.25, 0.3) is 0 Å². The molecule has 0 spiro atoms. The van der Waals surface area contributed by atoms with Crippen molar-refractivity contribution in [3.63, 3.8) is 0 Å². The Hall–Kier alpha value is -1.44. The van der Waals surface area contributed by atoms with Gasteiger partial charge in [0.15, 0.2) is 0 Å². The van der Waals surface area contributed by atoms with Crippen LogP contribution in [0.15, 0.2) is 28.7 Å². The Labute approximate surface area is 176 Å². The molecule has 6 nitrogen and oxygen atoms in total. The minimum atomic E-state index is -0.286. The second-order valence-corrected chi connectivity index (χ2v) is 8.70. The average molecular weight is 451 g/mol. The molecule has 0 bridgehead atoms. The van der Waals surface area contributed by atoms with Gasteiger partial charge in [-0.1, -0.05) is 28.1 Å². The zero-order valence-corrected chi connectivity index (χ0v) is 18.3. The Bertz CT molecular complexity index is 653. The van der Waals surface area contributed by atoms with Gasteiger partial charge < -0.3 is 15.1 Å². The predicted octanol–water partition coefficient (Wildman–Crippen LogP) is 2.26. The predicted molar refractivity (Wildman–Crippen MR) is 114 cm³/mol. The monoisotopic (exact) mass is 450 g/mol. The number of nitrogens with one attached hydrogen (secondary N) is 1. The number of carbonyl (C=O) groups is 2. The minimum absolute atomic E-state index is 0.112. The van der Waals surface area contributed by atoms with Crippen molar-refractivity contribution in [3.8, 4) is 0 Å². The summed E-state index contributed by atoms with van der Waals surface area (Å²) in [5.41, 5.74) is 0.955. The minimum Gasteiger partial charge on any atom is -0.349 e. The van der Waals surface area contributed by atoms with Gasteiger partial charge in [0.2, 0.25) is 11.8 Å². The van der Waals surface area contributed by atoms with Crippen LogP contribution in [0.5, 0.6) is 0 Å². The molecule has 0 saturated carbocycles. The summed E-state index contributed by atoms with van der Waals surface area (Å²) in [4.78, 5) is 31.4. The van der Waals surface area contributed by atoms with E-state index in [0.29, 0.717) is 6.42 Å². The van der Waals surface area contributed by atoms with Crippen molar-refractivity contribution < 1.29 is 9.59 Å². The number of nitrogens with zero attached hydrogens (tertiary/aromatic N) is 3. The lowest BCUT2D eigenvalue weighted by molar-refractivity contribution is -0.133. The number of likely N-dealkylation sites (tertiary alicyclic amines) is 1. The van der Waals surface area contributed by atoms with E-state index in [4.69, 9.17) is 0 Å². The van der Waals surface area contributed by atoms with Crippen molar-refractivity contribution in [1.82, 2.24) is 20.0 Å². The summed E-state index contributed by atoms with van der Waals surface area (Å²) in [5, 5.41) is 2.93. The average Bonchev–Trinajstić information content (AvgIpc) is 3.20. The Morgan fingerprint density at radius 3 is 2.11 bits per heavy atom. The molecule has 1 unspecified atom stereocenters. The van der Waals surface area contributed by atoms with Crippen molar-refractivity contribution in [2.75, 3.05) is 52.4 Å². The zero-order valence-electron chi connectivity index (χ0n) is 16.7. The molecule has 2 aliphatic heterocycles. The summed E-state index contributed by atoms with van der Waals surface area (Å²) in [5.74, 6) is -0.00619. The Morgan fingerprint density at radius 2 is 1.54 bits per heavy atom. The van der Waals surface area contributed by atoms with Gasteiger partial charge in [-0.25, -0.2) is 0 Å². The van der Waals surface area contributed by atoms with Crippen LogP contribution in [-0.2, 0) is 9.59 Å². The summed E-state index contributed by atoms with van der Waals surface area (Å²) in [6, 6.07) is 7.50. The van der Waals surface area contributed by atoms with E-state index in [1.54, 1.807) is 0 Å². The number of piperazine rings is 1. The maximum atomic E-state index is 12.8. The van der Waals surface area contributed by atoms with E-state index < -0.39 is 0 Å². The molecule has 7 heteroatoms. The SMILES string of the molecule is CC(=O)NC(CC(=O)N1CCN(CCN2CCCC2)CC1)c1ccc(Br)cc1. The molecule has 2 saturated heterocycles. The van der Waals surface area contributed by atoms with Crippen LogP contribution in [0.2, 0.25) is 0 Å². The number of amides is 2. The van der Waals surface area contributed by atoms with Gasteiger partial charge in [0.1, 0.15) is 0 Å². The first-order valence-electron chi connectivity index (χ1n) is 10.3. The van der Waals surface area contributed by atoms with Crippen LogP contribution in [0, 0.1) is 0 Å². The molecule has 2 aliphatic rings. The quantitative estimate of drug-likeness (QED) is 0.691. The lowest BCUT2D eigenvalue weighted by atomic mass is 10.0. The van der Waals surface area contributed by atoms with Crippen molar-refractivity contribution in [3.05, 3.63) is 34.3 Å². The lowest BCUT2D eigenvalue weighted by Gasteiger charge is -2.36. The molecule has 2 heterocycles. The smallest absolute Gasteiger partial charge is 0.225 e. The fraction of sp³-hybridized carbons (Fsp3) is 0.619. The number of hydrogen-bond donors (Lipinski definition) is 1. The lowest BCUT2D eigenvalue weighted by Crippen LogP contribution is -2.50. The Balaban J connectivity index is 1.48. The van der Waals surface area contributed by atoms with Gasteiger partial charge in [0, 0.05) is 50.7 Å². The van der Waals surface area contributed by atoms with Crippen molar-refractivity contribution in [2.45, 2.75) is 32.2 Å². The molecule has 28 heavy (non-hydrogen) atoms. The molecule has 1 aromatic rings. The van der Waals surface area contributed by atoms with E-state index in [-0.39, 0.29) is 17.9 Å². The first-order chi connectivity index (χ1) is 13.5. The molecule has 2 fully saturated rings. The molecule has 3 rings (SSSR count). The van der Waals surface area contributed by atoms with Crippen molar-refractivity contribution in [2.24, 2.45) is 0 Å². The Morgan fingerprint density at radius 1 is 0.964 bits per heavy atom. The maximum Gasteiger partial charge on any atom is 0.225 e. The maximum absolute atomic E-state index is 12.8. The second kappa shape index (κ2) is 10.4. The summed E-state index contributed by atoms with van der Waals surface area (Å²) in [7, 11) is 0. The van der Waals surface area contributed by atoms with Gasteiger partial charge in [0.05, 0.1) is 12.5 Å². The largest absolute Gasteiger partial charge is 0.349 e. The van der Waals surface area contributed by atoms with Gasteiger partial charge in [-0.2, -0.15) is 0 Å². The highest BCUT2D eigenvalue weighted by molar-refractivity contribution is 9.10. The van der Waals surface area contributed by atoms with Gasteiger partial charge in [0.25, 0.3) is 0 Å². The second-order valence-electron chi connectivity index (χ2n) is 7.78. The van der Waals surface area contributed by atoms with Crippen LogP contribution in [0.1, 0.15) is 37.8 Å². The summed E-state index contributed by atoms with van der Waals surface area (Å²) in [6.45, 7) is 9.61. The van der Waals surface area contributed by atoms with Crippen LogP contribution < -0.4 is 5.32 Å².